The molecule has 1 aliphatic heterocycles. The summed E-state index contributed by atoms with van der Waals surface area (Å²) in [5.74, 6) is 0.512. The average molecular weight is 401 g/mol. The van der Waals surface area contributed by atoms with Gasteiger partial charge in [-0.15, -0.1) is 0 Å². The van der Waals surface area contributed by atoms with Gasteiger partial charge in [-0.3, -0.25) is 0 Å². The lowest BCUT2D eigenvalue weighted by atomic mass is 9.93. The molecule has 2 nitrogen and oxygen atoms in total. The normalized spacial score (nSPS) is 21.2. The van der Waals surface area contributed by atoms with Crippen molar-refractivity contribution in [1.82, 2.24) is 0 Å². The monoisotopic (exact) mass is 399 g/mol. The summed E-state index contributed by atoms with van der Waals surface area (Å²) < 4.78 is 20.9. The number of rotatable bonds is 1. The Bertz CT molecular complexity index is 662. The van der Waals surface area contributed by atoms with Gasteiger partial charge in [0.15, 0.2) is 0 Å². The second-order valence-electron chi connectivity index (χ2n) is 4.80. The molecular weight excluding hydrogens is 389 g/mol. The number of ether oxygens (including phenoxy) is 1. The first-order valence-corrected chi connectivity index (χ1v) is 7.80. The van der Waals surface area contributed by atoms with Gasteiger partial charge in [-0.05, 0) is 30.3 Å². The molecule has 0 fully saturated rings. The Morgan fingerprint density at radius 1 is 1.10 bits per heavy atom. The Hall–Kier alpha value is -0.910. The summed E-state index contributed by atoms with van der Waals surface area (Å²) in [6, 6.07) is 10.3. The third kappa shape index (κ3) is 2.62. The van der Waals surface area contributed by atoms with E-state index in [1.165, 1.54) is 12.1 Å². The third-order valence-electron chi connectivity index (χ3n) is 3.42. The number of nitrogens with two attached hydrogens (primary N) is 1. The largest absolute Gasteiger partial charge is 0.485 e. The van der Waals surface area contributed by atoms with E-state index in [1.54, 1.807) is 6.07 Å². The van der Waals surface area contributed by atoms with Crippen molar-refractivity contribution in [1.29, 1.82) is 0 Å². The van der Waals surface area contributed by atoms with Crippen molar-refractivity contribution in [2.24, 2.45) is 5.73 Å². The summed E-state index contributed by atoms with van der Waals surface area (Å²) in [6.45, 7) is 0. The number of halogens is 3. The van der Waals surface area contributed by atoms with Crippen LogP contribution in [0.5, 0.6) is 5.75 Å². The van der Waals surface area contributed by atoms with E-state index in [9.17, 15) is 4.39 Å². The molecule has 0 aromatic heterocycles. The molecule has 0 spiro atoms. The molecule has 2 N–H and O–H groups in total. The second-order valence-corrected chi connectivity index (χ2v) is 6.57. The smallest absolute Gasteiger partial charge is 0.127 e. The summed E-state index contributed by atoms with van der Waals surface area (Å²) in [5.41, 5.74) is 8.14. The molecule has 0 aliphatic carbocycles. The van der Waals surface area contributed by atoms with Crippen LogP contribution in [0, 0.1) is 5.82 Å². The molecule has 5 heteroatoms. The molecule has 0 saturated carbocycles. The minimum absolute atomic E-state index is 0.0989. The van der Waals surface area contributed by atoms with Crippen LogP contribution in [0.25, 0.3) is 0 Å². The maximum atomic E-state index is 13.2. The molecule has 2 atom stereocenters. The molecule has 104 valence electrons. The lowest BCUT2D eigenvalue weighted by molar-refractivity contribution is 0.160. The van der Waals surface area contributed by atoms with Gasteiger partial charge in [0.1, 0.15) is 17.7 Å². The molecule has 0 radical (unpaired) electrons. The van der Waals surface area contributed by atoms with Gasteiger partial charge in [-0.2, -0.15) is 0 Å². The van der Waals surface area contributed by atoms with Crippen LogP contribution in [0.1, 0.15) is 29.7 Å². The molecule has 20 heavy (non-hydrogen) atoms. The first-order valence-electron chi connectivity index (χ1n) is 6.21. The molecule has 2 aromatic rings. The number of hydrogen-bond acceptors (Lipinski definition) is 2. The van der Waals surface area contributed by atoms with E-state index in [1.807, 2.05) is 18.2 Å². The summed E-state index contributed by atoms with van der Waals surface area (Å²) in [4.78, 5) is 0. The Balaban J connectivity index is 1.97. The number of fused-ring (bicyclic) bond motifs is 1. The van der Waals surface area contributed by atoms with Gasteiger partial charge in [-0.1, -0.05) is 37.9 Å². The van der Waals surface area contributed by atoms with E-state index >= 15 is 0 Å². The molecule has 1 heterocycles. The third-order valence-corrected chi connectivity index (χ3v) is 4.60. The van der Waals surface area contributed by atoms with E-state index < -0.39 is 0 Å². The lowest BCUT2D eigenvalue weighted by Crippen LogP contribution is -2.24. The number of benzene rings is 2. The summed E-state index contributed by atoms with van der Waals surface area (Å²) >= 11 is 6.82. The van der Waals surface area contributed by atoms with Gasteiger partial charge < -0.3 is 10.5 Å². The Morgan fingerprint density at radius 3 is 2.65 bits per heavy atom. The van der Waals surface area contributed by atoms with E-state index in [0.717, 1.165) is 21.3 Å². The molecule has 1 unspecified atom stereocenters. The minimum atomic E-state index is -0.273. The van der Waals surface area contributed by atoms with Crippen molar-refractivity contribution in [3.05, 3.63) is 62.3 Å². The SMILES string of the molecule is N[C@@H]1CC(c2ccc(F)cc2Br)Oc2ccc(Br)cc21. The summed E-state index contributed by atoms with van der Waals surface area (Å²) in [5, 5.41) is 0. The van der Waals surface area contributed by atoms with Crippen molar-refractivity contribution in [2.45, 2.75) is 18.6 Å². The first-order chi connectivity index (χ1) is 9.54. The van der Waals surface area contributed by atoms with Crippen LogP contribution in [0.4, 0.5) is 4.39 Å². The molecule has 2 aromatic carbocycles. The number of hydrogen-bond donors (Lipinski definition) is 1. The fourth-order valence-corrected chi connectivity index (χ4v) is 3.41. The van der Waals surface area contributed by atoms with Crippen LogP contribution in [0.15, 0.2) is 45.3 Å². The average Bonchev–Trinajstić information content (AvgIpc) is 2.39. The van der Waals surface area contributed by atoms with Crippen molar-refractivity contribution in [3.8, 4) is 5.75 Å². The van der Waals surface area contributed by atoms with Crippen LogP contribution < -0.4 is 10.5 Å². The zero-order valence-corrected chi connectivity index (χ0v) is 13.6. The van der Waals surface area contributed by atoms with Gasteiger partial charge >= 0.3 is 0 Å². The van der Waals surface area contributed by atoms with Crippen molar-refractivity contribution in [3.63, 3.8) is 0 Å². The Labute approximate surface area is 133 Å². The standard InChI is InChI=1S/C15H12Br2FNO/c16-8-1-4-14-11(5-8)13(19)7-15(20-14)10-3-2-9(18)6-12(10)17/h1-6,13,15H,7,19H2/t13-,15?/m1/s1. The highest BCUT2D eigenvalue weighted by Crippen LogP contribution is 2.42. The second kappa shape index (κ2) is 5.47. The zero-order chi connectivity index (χ0) is 14.3. The van der Waals surface area contributed by atoms with Crippen LogP contribution in [0.2, 0.25) is 0 Å². The highest BCUT2D eigenvalue weighted by atomic mass is 79.9. The van der Waals surface area contributed by atoms with Crippen molar-refractivity contribution >= 4 is 31.9 Å². The topological polar surface area (TPSA) is 35.2 Å². The maximum Gasteiger partial charge on any atom is 0.127 e. The van der Waals surface area contributed by atoms with Crippen LogP contribution >= 0.6 is 31.9 Å². The highest BCUT2D eigenvalue weighted by Gasteiger charge is 2.28. The molecule has 0 saturated heterocycles. The summed E-state index contributed by atoms with van der Waals surface area (Å²) in [7, 11) is 0. The van der Waals surface area contributed by atoms with Gasteiger partial charge in [-0.25, -0.2) is 4.39 Å². The van der Waals surface area contributed by atoms with E-state index in [2.05, 4.69) is 31.9 Å². The summed E-state index contributed by atoms with van der Waals surface area (Å²) in [6.07, 6.45) is 0.488. The van der Waals surface area contributed by atoms with Crippen LogP contribution in [-0.2, 0) is 0 Å². The predicted molar refractivity (Wildman–Crippen MR) is 83.2 cm³/mol. The fraction of sp³-hybridized carbons (Fsp3) is 0.200. The Kier molecular flexibility index (Phi) is 3.84. The molecule has 0 bridgehead atoms. The minimum Gasteiger partial charge on any atom is -0.485 e. The van der Waals surface area contributed by atoms with Crippen LogP contribution in [-0.4, -0.2) is 0 Å². The molecular formula is C15H12Br2FNO. The van der Waals surface area contributed by atoms with E-state index in [0.29, 0.717) is 10.9 Å². The zero-order valence-electron chi connectivity index (χ0n) is 10.4. The molecule has 3 rings (SSSR count). The Morgan fingerprint density at radius 2 is 1.90 bits per heavy atom. The van der Waals surface area contributed by atoms with Gasteiger partial charge in [0, 0.05) is 32.5 Å². The fourth-order valence-electron chi connectivity index (χ4n) is 2.43. The van der Waals surface area contributed by atoms with Crippen molar-refractivity contribution in [2.75, 3.05) is 0 Å². The van der Waals surface area contributed by atoms with Gasteiger partial charge in [0.25, 0.3) is 0 Å². The highest BCUT2D eigenvalue weighted by molar-refractivity contribution is 9.10. The quantitative estimate of drug-likeness (QED) is 0.740. The van der Waals surface area contributed by atoms with E-state index in [-0.39, 0.29) is 18.0 Å². The van der Waals surface area contributed by atoms with Crippen molar-refractivity contribution < 1.29 is 9.13 Å². The first kappa shape index (κ1) is 14.0. The van der Waals surface area contributed by atoms with Gasteiger partial charge in [0.2, 0.25) is 0 Å². The van der Waals surface area contributed by atoms with Crippen LogP contribution in [0.3, 0.4) is 0 Å². The molecule has 0 amide bonds. The lowest BCUT2D eigenvalue weighted by Gasteiger charge is -2.31. The van der Waals surface area contributed by atoms with Gasteiger partial charge in [0.05, 0.1) is 0 Å². The maximum absolute atomic E-state index is 13.2. The molecule has 1 aliphatic rings. The van der Waals surface area contributed by atoms with E-state index in [4.69, 9.17) is 10.5 Å². The predicted octanol–water partition coefficient (Wildman–Crippen LogP) is 4.87.